The van der Waals surface area contributed by atoms with E-state index in [0.717, 1.165) is 18.1 Å². The van der Waals surface area contributed by atoms with Crippen LogP contribution >= 0.6 is 0 Å². The van der Waals surface area contributed by atoms with Gasteiger partial charge in [-0.15, -0.1) is 0 Å². The van der Waals surface area contributed by atoms with Crippen molar-refractivity contribution in [2.24, 2.45) is 0 Å². The van der Waals surface area contributed by atoms with Crippen LogP contribution in [0.5, 0.6) is 0 Å². The molecule has 0 atom stereocenters. The molecule has 0 unspecified atom stereocenters. The second-order valence-corrected chi connectivity index (χ2v) is 8.48. The molecule has 0 saturated carbocycles. The fraction of sp³-hybridized carbons (Fsp3) is 1.00. The summed E-state index contributed by atoms with van der Waals surface area (Å²) in [6, 6.07) is 3.43. The molecule has 0 aliphatic carbocycles. The summed E-state index contributed by atoms with van der Waals surface area (Å²) in [6.45, 7) is 6.65. The van der Waals surface area contributed by atoms with Crippen LogP contribution in [-0.4, -0.2) is 13.1 Å². The van der Waals surface area contributed by atoms with Gasteiger partial charge in [-0.25, -0.2) is 0 Å². The van der Waals surface area contributed by atoms with Crippen molar-refractivity contribution in [3.8, 4) is 0 Å². The third-order valence-electron chi connectivity index (χ3n) is 2.99. The van der Waals surface area contributed by atoms with Gasteiger partial charge in [0.2, 0.25) is 0 Å². The Balaban J connectivity index is 0. The van der Waals surface area contributed by atoms with Crippen LogP contribution in [0.25, 0.3) is 0 Å². The number of rotatable bonds is 9. The van der Waals surface area contributed by atoms with Crippen molar-refractivity contribution in [3.63, 3.8) is 0 Å². The molecule has 0 spiro atoms. The molecule has 90 valence electrons. The average Bonchev–Trinajstić information content (AvgIpc) is 2.21. The van der Waals surface area contributed by atoms with E-state index in [1.807, 2.05) is 0 Å². The molecular formula is C12H28OSiZr. The van der Waals surface area contributed by atoms with E-state index in [2.05, 4.69) is 20.8 Å². The smallest absolute Gasteiger partial charge is 0.188 e. The van der Waals surface area contributed by atoms with Gasteiger partial charge in [-0.1, -0.05) is 59.3 Å². The van der Waals surface area contributed by atoms with Crippen LogP contribution in [0.1, 0.15) is 59.3 Å². The quantitative estimate of drug-likeness (QED) is 0.629. The van der Waals surface area contributed by atoms with E-state index in [4.69, 9.17) is 0 Å². The van der Waals surface area contributed by atoms with Gasteiger partial charge in [0, 0.05) is 26.2 Å². The topological polar surface area (TPSA) is 20.2 Å². The van der Waals surface area contributed by atoms with Crippen LogP contribution in [0, 0.1) is 0 Å². The Morgan fingerprint density at radius 2 is 1.00 bits per heavy atom. The predicted molar refractivity (Wildman–Crippen MR) is 67.1 cm³/mol. The van der Waals surface area contributed by atoms with Gasteiger partial charge in [0.1, 0.15) is 0 Å². The monoisotopic (exact) mass is 306 g/mol. The van der Waals surface area contributed by atoms with Crippen molar-refractivity contribution in [3.05, 3.63) is 0 Å². The van der Waals surface area contributed by atoms with E-state index in [9.17, 15) is 4.80 Å². The third kappa shape index (κ3) is 9.96. The summed E-state index contributed by atoms with van der Waals surface area (Å²) in [6.07, 6.45) is 7.39. The molecule has 0 heterocycles. The fourth-order valence-electron chi connectivity index (χ4n) is 1.89. The van der Waals surface area contributed by atoms with Crippen LogP contribution in [0.3, 0.4) is 0 Å². The minimum Gasteiger partial charge on any atom is -0.432 e. The molecular weight excluding hydrogens is 279 g/mol. The molecule has 0 amide bonds. The van der Waals surface area contributed by atoms with Crippen molar-refractivity contribution in [2.45, 2.75) is 77.4 Å². The summed E-state index contributed by atoms with van der Waals surface area (Å²) in [7, 11) is -1.81. The number of hydrogen-bond acceptors (Lipinski definition) is 1. The van der Waals surface area contributed by atoms with E-state index >= 15 is 0 Å². The molecule has 0 bridgehead atoms. The van der Waals surface area contributed by atoms with Gasteiger partial charge < -0.3 is 4.80 Å². The maximum atomic E-state index is 10.5. The molecule has 0 aliphatic rings. The minimum absolute atomic E-state index is 0. The van der Waals surface area contributed by atoms with Crippen LogP contribution in [-0.2, 0) is 26.2 Å². The molecule has 0 radical (unpaired) electrons. The first-order chi connectivity index (χ1) is 6.68. The Morgan fingerprint density at radius 3 is 1.20 bits per heavy atom. The molecule has 0 saturated heterocycles. The summed E-state index contributed by atoms with van der Waals surface area (Å²) >= 11 is 0. The summed E-state index contributed by atoms with van der Waals surface area (Å²) in [5.41, 5.74) is 0. The second kappa shape index (κ2) is 11.5. The molecule has 0 fully saturated rings. The second-order valence-electron chi connectivity index (χ2n) is 4.54. The first kappa shape index (κ1) is 18.4. The first-order valence-corrected chi connectivity index (χ1v) is 8.97. The van der Waals surface area contributed by atoms with E-state index < -0.39 is 8.32 Å². The summed E-state index contributed by atoms with van der Waals surface area (Å²) in [5.74, 6) is 0. The average molecular weight is 308 g/mol. The first-order valence-electron chi connectivity index (χ1n) is 6.41. The maximum Gasteiger partial charge on any atom is 0.188 e. The Bertz CT molecular complexity index is 109. The van der Waals surface area contributed by atoms with Crippen molar-refractivity contribution >= 4 is 8.32 Å². The number of hydrogen-bond donors (Lipinski definition) is 1. The fourth-order valence-corrected chi connectivity index (χ4v) is 5.68. The van der Waals surface area contributed by atoms with Crippen LogP contribution in [0.2, 0.25) is 18.1 Å². The van der Waals surface area contributed by atoms with Crippen molar-refractivity contribution in [2.75, 3.05) is 0 Å². The summed E-state index contributed by atoms with van der Waals surface area (Å²) in [5, 5.41) is 0. The Labute approximate surface area is 116 Å². The zero-order chi connectivity index (χ0) is 10.9. The molecule has 3 heteroatoms. The molecule has 0 aromatic carbocycles. The molecule has 1 N–H and O–H groups in total. The Hall–Kier alpha value is 1.06. The number of unbranched alkanes of at least 4 members (excludes halogenated alkanes) is 3. The molecule has 0 aromatic heterocycles. The summed E-state index contributed by atoms with van der Waals surface area (Å²) < 4.78 is 0. The Kier molecular flexibility index (Phi) is 14.2. The molecule has 15 heavy (non-hydrogen) atoms. The van der Waals surface area contributed by atoms with Gasteiger partial charge in [0.05, 0.1) is 0 Å². The van der Waals surface area contributed by atoms with Crippen LogP contribution in [0.15, 0.2) is 0 Å². The van der Waals surface area contributed by atoms with Gasteiger partial charge in [-0.3, -0.25) is 0 Å². The van der Waals surface area contributed by atoms with E-state index in [-0.39, 0.29) is 26.2 Å². The molecule has 1 nitrogen and oxygen atoms in total. The van der Waals surface area contributed by atoms with Gasteiger partial charge in [-0.2, -0.15) is 0 Å². The van der Waals surface area contributed by atoms with Gasteiger partial charge in [-0.05, 0) is 18.1 Å². The van der Waals surface area contributed by atoms with Crippen molar-refractivity contribution in [1.82, 2.24) is 0 Å². The van der Waals surface area contributed by atoms with Crippen LogP contribution < -0.4 is 0 Å². The van der Waals surface area contributed by atoms with Crippen molar-refractivity contribution < 1.29 is 31.0 Å². The van der Waals surface area contributed by atoms with Crippen LogP contribution in [0.4, 0.5) is 0 Å². The van der Waals surface area contributed by atoms with E-state index in [1.54, 1.807) is 0 Å². The molecule has 0 aliphatic heterocycles. The standard InChI is InChI=1S/C12H28OSi.Zr/c1-4-7-10-14(13,11-8-5-2)12-9-6-3;/h13H,4-12H2,1-3H3;. The predicted octanol–water partition coefficient (Wildman–Crippen LogP) is 4.32. The molecule has 0 rings (SSSR count). The normalized spacial score (nSPS) is 11.2. The maximum absolute atomic E-state index is 10.5. The van der Waals surface area contributed by atoms with Gasteiger partial charge in [0.25, 0.3) is 0 Å². The largest absolute Gasteiger partial charge is 0.432 e. The van der Waals surface area contributed by atoms with E-state index in [0.29, 0.717) is 0 Å². The van der Waals surface area contributed by atoms with Gasteiger partial charge in [0.15, 0.2) is 8.32 Å². The van der Waals surface area contributed by atoms with Gasteiger partial charge >= 0.3 is 0 Å². The minimum atomic E-state index is -1.81. The zero-order valence-electron chi connectivity index (χ0n) is 10.8. The SMILES string of the molecule is CCCC[Si](O)(CCCC)CCCC.[Zr]. The van der Waals surface area contributed by atoms with E-state index in [1.165, 1.54) is 38.5 Å². The third-order valence-corrected chi connectivity index (χ3v) is 6.84. The Morgan fingerprint density at radius 1 is 0.733 bits per heavy atom. The zero-order valence-corrected chi connectivity index (χ0v) is 14.3. The van der Waals surface area contributed by atoms with Crippen molar-refractivity contribution in [1.29, 1.82) is 0 Å². The molecule has 0 aromatic rings. The summed E-state index contributed by atoms with van der Waals surface area (Å²) in [4.78, 5) is 10.5.